The van der Waals surface area contributed by atoms with E-state index in [-0.39, 0.29) is 6.61 Å². The van der Waals surface area contributed by atoms with E-state index in [1.807, 2.05) is 36.7 Å². The van der Waals surface area contributed by atoms with Crippen LogP contribution in [0.15, 0.2) is 36.7 Å². The number of hydrogen-bond donors (Lipinski definition) is 0. The summed E-state index contributed by atoms with van der Waals surface area (Å²) < 4.78 is 19.7. The number of aromatic nitrogens is 2. The van der Waals surface area contributed by atoms with Crippen molar-refractivity contribution >= 4 is 0 Å². The third-order valence-electron chi connectivity index (χ3n) is 6.73. The molecule has 34 heavy (non-hydrogen) atoms. The number of hydrogen-bond acceptors (Lipinski definition) is 3. The Hall–Kier alpha value is -1.97. The first-order chi connectivity index (χ1) is 16.6. The van der Waals surface area contributed by atoms with Crippen LogP contribution in [0.3, 0.4) is 0 Å². The molecule has 190 valence electrons. The molecule has 3 nitrogen and oxygen atoms in total. The van der Waals surface area contributed by atoms with Crippen molar-refractivity contribution in [3.8, 4) is 17.1 Å². The van der Waals surface area contributed by atoms with Crippen LogP contribution in [0.5, 0.6) is 5.75 Å². The van der Waals surface area contributed by atoms with E-state index < -0.39 is 6.17 Å². The number of aryl methyl sites for hydroxylation is 1. The van der Waals surface area contributed by atoms with E-state index in [0.717, 1.165) is 37.1 Å². The summed E-state index contributed by atoms with van der Waals surface area (Å²) in [4.78, 5) is 9.11. The lowest BCUT2D eigenvalue weighted by atomic mass is 10.0. The first-order valence-corrected chi connectivity index (χ1v) is 13.8. The highest BCUT2D eigenvalue weighted by Gasteiger charge is 2.09. The van der Waals surface area contributed by atoms with E-state index in [1.165, 1.54) is 63.4 Å². The maximum atomic E-state index is 14.1. The molecule has 0 aliphatic rings. The molecule has 1 aromatic heterocycles. The fraction of sp³-hybridized carbons (Fsp3) is 0.667. The van der Waals surface area contributed by atoms with E-state index in [0.29, 0.717) is 18.1 Å². The van der Waals surface area contributed by atoms with Crippen molar-refractivity contribution < 1.29 is 9.13 Å². The van der Waals surface area contributed by atoms with Crippen molar-refractivity contribution in [2.75, 3.05) is 6.61 Å². The number of benzene rings is 1. The summed E-state index contributed by atoms with van der Waals surface area (Å²) in [6, 6.07) is 7.64. The second-order valence-electron chi connectivity index (χ2n) is 9.87. The monoisotopic (exact) mass is 470 g/mol. The summed E-state index contributed by atoms with van der Waals surface area (Å²) in [5, 5.41) is 0. The predicted octanol–water partition coefficient (Wildman–Crippen LogP) is 9.15. The standard InChI is InChI=1S/C30H47FN2O/c1-4-6-7-8-9-10-11-12-13-16-26-22-32-30(33-23-26)27-18-20-29(21-19-27)34-24-28(31)17-14-15-25(3)5-2/h18-23,25,28H,4-17,24H2,1-3H3. The van der Waals surface area contributed by atoms with Gasteiger partial charge < -0.3 is 4.74 Å². The van der Waals surface area contributed by atoms with Crippen LogP contribution in [0.4, 0.5) is 4.39 Å². The Bertz CT molecular complexity index is 747. The Morgan fingerprint density at radius 1 is 0.794 bits per heavy atom. The molecule has 0 saturated heterocycles. The third-order valence-corrected chi connectivity index (χ3v) is 6.73. The van der Waals surface area contributed by atoms with Crippen molar-refractivity contribution in [1.82, 2.24) is 9.97 Å². The summed E-state index contributed by atoms with van der Waals surface area (Å²) in [6.07, 6.45) is 19.8. The molecule has 0 saturated carbocycles. The van der Waals surface area contributed by atoms with Crippen molar-refractivity contribution in [3.63, 3.8) is 0 Å². The number of rotatable bonds is 19. The highest BCUT2D eigenvalue weighted by atomic mass is 19.1. The van der Waals surface area contributed by atoms with Crippen molar-refractivity contribution in [1.29, 1.82) is 0 Å². The second kappa shape index (κ2) is 17.5. The minimum Gasteiger partial charge on any atom is -0.491 e. The number of halogens is 1. The van der Waals surface area contributed by atoms with E-state index in [9.17, 15) is 4.39 Å². The quantitative estimate of drug-likeness (QED) is 0.192. The molecule has 2 aromatic rings. The SMILES string of the molecule is CCCCCCCCCCCc1cnc(-c2ccc(OCC(F)CCCC(C)CC)cc2)nc1. The van der Waals surface area contributed by atoms with E-state index >= 15 is 0 Å². The minimum absolute atomic E-state index is 0.115. The number of nitrogens with zero attached hydrogens (tertiary/aromatic N) is 2. The zero-order valence-electron chi connectivity index (χ0n) is 21.9. The molecule has 0 amide bonds. The zero-order valence-corrected chi connectivity index (χ0v) is 21.9. The number of unbranched alkanes of at least 4 members (excludes halogenated alkanes) is 8. The maximum absolute atomic E-state index is 14.1. The molecule has 0 bridgehead atoms. The Morgan fingerprint density at radius 2 is 1.41 bits per heavy atom. The second-order valence-corrected chi connectivity index (χ2v) is 9.87. The highest BCUT2D eigenvalue weighted by Crippen LogP contribution is 2.21. The fourth-order valence-electron chi connectivity index (χ4n) is 4.13. The number of ether oxygens (including phenoxy) is 1. The molecule has 1 aromatic carbocycles. The van der Waals surface area contributed by atoms with Crippen LogP contribution < -0.4 is 4.74 Å². The lowest BCUT2D eigenvalue weighted by molar-refractivity contribution is 0.182. The van der Waals surface area contributed by atoms with Gasteiger partial charge in [0.15, 0.2) is 5.82 Å². The summed E-state index contributed by atoms with van der Waals surface area (Å²) in [5.41, 5.74) is 2.15. The van der Waals surface area contributed by atoms with Gasteiger partial charge >= 0.3 is 0 Å². The largest absolute Gasteiger partial charge is 0.491 e. The first kappa shape index (κ1) is 28.3. The molecule has 2 unspecified atom stereocenters. The number of alkyl halides is 1. The van der Waals surface area contributed by atoms with Crippen molar-refractivity contribution in [3.05, 3.63) is 42.2 Å². The molecule has 0 spiro atoms. The third kappa shape index (κ3) is 11.9. The first-order valence-electron chi connectivity index (χ1n) is 13.8. The molecule has 0 aliphatic heterocycles. The normalized spacial score (nSPS) is 13.1. The fourth-order valence-corrected chi connectivity index (χ4v) is 4.13. The van der Waals surface area contributed by atoms with Gasteiger partial charge in [-0.25, -0.2) is 14.4 Å². The molecule has 0 fully saturated rings. The highest BCUT2D eigenvalue weighted by molar-refractivity contribution is 5.55. The van der Waals surface area contributed by atoms with Crippen LogP contribution in [0, 0.1) is 5.92 Å². The minimum atomic E-state index is -0.912. The topological polar surface area (TPSA) is 35.0 Å². The van der Waals surface area contributed by atoms with Crippen LogP contribution in [-0.2, 0) is 6.42 Å². The molecular weight excluding hydrogens is 423 g/mol. The Kier molecular flexibility index (Phi) is 14.5. The van der Waals surface area contributed by atoms with Gasteiger partial charge in [0.2, 0.25) is 0 Å². The molecule has 0 aliphatic carbocycles. The van der Waals surface area contributed by atoms with Gasteiger partial charge in [-0.2, -0.15) is 0 Å². The van der Waals surface area contributed by atoms with Gasteiger partial charge in [-0.1, -0.05) is 91.4 Å². The van der Waals surface area contributed by atoms with Crippen LogP contribution in [0.1, 0.15) is 110 Å². The Morgan fingerprint density at radius 3 is 2.03 bits per heavy atom. The van der Waals surface area contributed by atoms with Gasteiger partial charge in [0.25, 0.3) is 0 Å². The summed E-state index contributed by atoms with van der Waals surface area (Å²) >= 11 is 0. The van der Waals surface area contributed by atoms with E-state index in [1.54, 1.807) is 0 Å². The van der Waals surface area contributed by atoms with Gasteiger partial charge in [0, 0.05) is 18.0 Å². The smallest absolute Gasteiger partial charge is 0.159 e. The van der Waals surface area contributed by atoms with Gasteiger partial charge in [0.05, 0.1) is 0 Å². The molecule has 2 atom stereocenters. The maximum Gasteiger partial charge on any atom is 0.159 e. The molecule has 0 radical (unpaired) electrons. The van der Waals surface area contributed by atoms with Crippen LogP contribution in [-0.4, -0.2) is 22.7 Å². The van der Waals surface area contributed by atoms with Crippen LogP contribution in [0.25, 0.3) is 11.4 Å². The van der Waals surface area contributed by atoms with Crippen molar-refractivity contribution in [2.24, 2.45) is 5.92 Å². The average molecular weight is 471 g/mol. The van der Waals surface area contributed by atoms with E-state index in [2.05, 4.69) is 30.7 Å². The summed E-state index contributed by atoms with van der Waals surface area (Å²) in [5.74, 6) is 2.08. The zero-order chi connectivity index (χ0) is 24.4. The Balaban J connectivity index is 1.64. The lowest BCUT2D eigenvalue weighted by Crippen LogP contribution is -2.13. The van der Waals surface area contributed by atoms with Gasteiger partial charge in [-0.3, -0.25) is 0 Å². The van der Waals surface area contributed by atoms with E-state index in [4.69, 9.17) is 4.74 Å². The van der Waals surface area contributed by atoms with Crippen LogP contribution >= 0.6 is 0 Å². The van der Waals surface area contributed by atoms with Gasteiger partial charge in [-0.15, -0.1) is 0 Å². The molecule has 4 heteroatoms. The van der Waals surface area contributed by atoms with Crippen molar-refractivity contribution in [2.45, 2.75) is 117 Å². The predicted molar refractivity (Wildman–Crippen MR) is 142 cm³/mol. The van der Waals surface area contributed by atoms with Crippen LogP contribution in [0.2, 0.25) is 0 Å². The molecule has 0 N–H and O–H groups in total. The molecule has 1 heterocycles. The van der Waals surface area contributed by atoms with Gasteiger partial charge in [0.1, 0.15) is 18.5 Å². The summed E-state index contributed by atoms with van der Waals surface area (Å²) in [6.45, 7) is 6.79. The lowest BCUT2D eigenvalue weighted by Gasteiger charge is -2.12. The van der Waals surface area contributed by atoms with Gasteiger partial charge in [-0.05, 0) is 55.0 Å². The average Bonchev–Trinajstić information content (AvgIpc) is 2.87. The Labute approximate surface area is 208 Å². The summed E-state index contributed by atoms with van der Waals surface area (Å²) in [7, 11) is 0. The molecule has 2 rings (SSSR count). The molecular formula is C30H47FN2O.